The van der Waals surface area contributed by atoms with Gasteiger partial charge in [0.05, 0.1) is 24.2 Å². The van der Waals surface area contributed by atoms with E-state index in [-0.39, 0.29) is 17.7 Å². The van der Waals surface area contributed by atoms with Crippen molar-refractivity contribution in [2.24, 2.45) is 11.7 Å². The zero-order valence-electron chi connectivity index (χ0n) is 8.73. The number of carbonyl (C=O) groups is 1. The van der Waals surface area contributed by atoms with Gasteiger partial charge in [-0.05, 0) is 11.6 Å². The summed E-state index contributed by atoms with van der Waals surface area (Å²) in [6, 6.07) is 1.56. The van der Waals surface area contributed by atoms with Crippen LogP contribution in [0.15, 0.2) is 18.5 Å². The second kappa shape index (κ2) is 4.91. The number of carbonyl (C=O) groups excluding carboxylic acids is 1. The van der Waals surface area contributed by atoms with E-state index >= 15 is 0 Å². The third-order valence-corrected chi connectivity index (χ3v) is 3.10. The van der Waals surface area contributed by atoms with Crippen molar-refractivity contribution in [2.45, 2.75) is 12.5 Å². The van der Waals surface area contributed by atoms with Crippen molar-refractivity contribution in [1.29, 1.82) is 0 Å². The number of Topliss-reactive ketones (excluding diaryl/α,β-unsaturated/α-hetero) is 1. The van der Waals surface area contributed by atoms with Gasteiger partial charge in [-0.2, -0.15) is 0 Å². The minimum atomic E-state index is -0.204. The van der Waals surface area contributed by atoms with E-state index in [1.807, 2.05) is 0 Å². The molecule has 1 aromatic heterocycles. The molecule has 0 amide bonds. The largest absolute Gasteiger partial charge is 0.379 e. The monoisotopic (exact) mass is 240 g/mol. The van der Waals surface area contributed by atoms with Crippen molar-refractivity contribution in [1.82, 2.24) is 4.98 Å². The lowest BCUT2D eigenvalue weighted by atomic mass is 9.95. The molecule has 0 aliphatic carbocycles. The molecule has 2 N–H and O–H groups in total. The molecule has 4 nitrogen and oxygen atoms in total. The molecule has 1 fully saturated rings. The first kappa shape index (κ1) is 11.5. The Labute approximate surface area is 98.8 Å². The van der Waals surface area contributed by atoms with Gasteiger partial charge in [-0.3, -0.25) is 9.78 Å². The fourth-order valence-corrected chi connectivity index (χ4v) is 1.95. The van der Waals surface area contributed by atoms with Crippen LogP contribution >= 0.6 is 11.6 Å². The van der Waals surface area contributed by atoms with Gasteiger partial charge in [-0.25, -0.2) is 0 Å². The van der Waals surface area contributed by atoms with Crippen LogP contribution in [0.25, 0.3) is 0 Å². The highest BCUT2D eigenvalue weighted by molar-refractivity contribution is 6.31. The molecule has 0 bridgehead atoms. The van der Waals surface area contributed by atoms with Crippen molar-refractivity contribution >= 4 is 17.4 Å². The molecule has 1 aliphatic heterocycles. The molecular weight excluding hydrogens is 228 g/mol. The van der Waals surface area contributed by atoms with Crippen LogP contribution in [0.4, 0.5) is 0 Å². The molecule has 2 unspecified atom stereocenters. The first-order valence-corrected chi connectivity index (χ1v) is 5.50. The lowest BCUT2D eigenvalue weighted by Gasteiger charge is -2.12. The average molecular weight is 241 g/mol. The smallest absolute Gasteiger partial charge is 0.144 e. The number of aromatic nitrogens is 1. The van der Waals surface area contributed by atoms with E-state index in [1.54, 1.807) is 12.3 Å². The molecule has 1 saturated heterocycles. The summed E-state index contributed by atoms with van der Waals surface area (Å²) in [5, 5.41) is 0.517. The highest BCUT2D eigenvalue weighted by Crippen LogP contribution is 2.19. The van der Waals surface area contributed by atoms with Gasteiger partial charge in [-0.15, -0.1) is 0 Å². The maximum Gasteiger partial charge on any atom is 0.144 e. The summed E-state index contributed by atoms with van der Waals surface area (Å²) in [6.45, 7) is 0.878. The van der Waals surface area contributed by atoms with Crippen molar-refractivity contribution in [3.63, 3.8) is 0 Å². The molecular formula is C11H13ClN2O2. The molecule has 86 valence electrons. The van der Waals surface area contributed by atoms with E-state index < -0.39 is 0 Å². The molecule has 1 aliphatic rings. The van der Waals surface area contributed by atoms with Gasteiger partial charge in [-0.1, -0.05) is 11.6 Å². The van der Waals surface area contributed by atoms with Gasteiger partial charge < -0.3 is 10.5 Å². The average Bonchev–Trinajstić information content (AvgIpc) is 2.68. The van der Waals surface area contributed by atoms with E-state index in [1.165, 1.54) is 6.20 Å². The van der Waals surface area contributed by atoms with Crippen LogP contribution in [0.3, 0.4) is 0 Å². The van der Waals surface area contributed by atoms with Gasteiger partial charge in [0, 0.05) is 24.9 Å². The first-order chi connectivity index (χ1) is 7.68. The molecule has 1 aromatic rings. The maximum atomic E-state index is 11.9. The first-order valence-electron chi connectivity index (χ1n) is 5.13. The van der Waals surface area contributed by atoms with Gasteiger partial charge in [0.1, 0.15) is 5.78 Å². The van der Waals surface area contributed by atoms with E-state index in [4.69, 9.17) is 22.1 Å². The Morgan fingerprint density at radius 3 is 3.06 bits per heavy atom. The molecule has 2 heterocycles. The fourth-order valence-electron chi connectivity index (χ4n) is 1.77. The highest BCUT2D eigenvalue weighted by atomic mass is 35.5. The lowest BCUT2D eigenvalue weighted by Crippen LogP contribution is -2.34. The third kappa shape index (κ3) is 2.40. The number of ether oxygens (including phenoxy) is 1. The minimum Gasteiger partial charge on any atom is -0.379 e. The number of ketones is 1. The van der Waals surface area contributed by atoms with Crippen molar-refractivity contribution in [3.05, 3.63) is 29.0 Å². The maximum absolute atomic E-state index is 11.9. The highest BCUT2D eigenvalue weighted by Gasteiger charge is 2.31. The molecule has 2 rings (SSSR count). The molecule has 0 aromatic carbocycles. The zero-order chi connectivity index (χ0) is 11.5. The predicted molar refractivity (Wildman–Crippen MR) is 60.2 cm³/mol. The Bertz CT molecular complexity index is 397. The van der Waals surface area contributed by atoms with Crippen LogP contribution in [0, 0.1) is 5.92 Å². The molecule has 0 saturated carbocycles. The lowest BCUT2D eigenvalue weighted by molar-refractivity contribution is -0.122. The summed E-state index contributed by atoms with van der Waals surface area (Å²) in [7, 11) is 0. The SMILES string of the molecule is NC1COCC1C(=O)Cc1ccncc1Cl. The van der Waals surface area contributed by atoms with Crippen molar-refractivity contribution in [3.8, 4) is 0 Å². The van der Waals surface area contributed by atoms with Gasteiger partial charge in [0.15, 0.2) is 0 Å². The number of rotatable bonds is 3. The standard InChI is InChI=1S/C11H13ClN2O2/c12-9-4-14-2-1-7(9)3-11(15)8-5-16-6-10(8)13/h1-2,4,8,10H,3,5-6,13H2. The Morgan fingerprint density at radius 1 is 1.62 bits per heavy atom. The van der Waals surface area contributed by atoms with E-state index in [0.717, 1.165) is 5.56 Å². The fraction of sp³-hybridized carbons (Fsp3) is 0.455. The quantitative estimate of drug-likeness (QED) is 0.850. The number of pyridine rings is 1. The third-order valence-electron chi connectivity index (χ3n) is 2.76. The summed E-state index contributed by atoms with van der Waals surface area (Å²) in [5.41, 5.74) is 6.57. The van der Waals surface area contributed by atoms with Gasteiger partial charge in [0.25, 0.3) is 0 Å². The Hall–Kier alpha value is -0.970. The van der Waals surface area contributed by atoms with Crippen LogP contribution in [0.5, 0.6) is 0 Å². The molecule has 0 spiro atoms. The second-order valence-corrected chi connectivity index (χ2v) is 4.33. The van der Waals surface area contributed by atoms with E-state index in [9.17, 15) is 4.79 Å². The number of nitrogens with two attached hydrogens (primary N) is 1. The molecule has 5 heteroatoms. The van der Waals surface area contributed by atoms with E-state index in [2.05, 4.69) is 4.98 Å². The molecule has 2 atom stereocenters. The van der Waals surface area contributed by atoms with Crippen LogP contribution in [-0.2, 0) is 16.0 Å². The summed E-state index contributed by atoms with van der Waals surface area (Å²) < 4.78 is 5.17. The Morgan fingerprint density at radius 2 is 2.44 bits per heavy atom. The summed E-state index contributed by atoms with van der Waals surface area (Å²) in [6.07, 6.45) is 3.46. The van der Waals surface area contributed by atoms with Crippen LogP contribution in [0.2, 0.25) is 5.02 Å². The molecule has 16 heavy (non-hydrogen) atoms. The van der Waals surface area contributed by atoms with Crippen LogP contribution in [0.1, 0.15) is 5.56 Å². The Kier molecular flexibility index (Phi) is 3.53. The number of hydrogen-bond acceptors (Lipinski definition) is 4. The molecule has 0 radical (unpaired) electrons. The summed E-state index contributed by atoms with van der Waals surface area (Å²) in [5.74, 6) is -0.123. The van der Waals surface area contributed by atoms with E-state index in [0.29, 0.717) is 24.7 Å². The summed E-state index contributed by atoms with van der Waals surface area (Å²) >= 11 is 5.93. The topological polar surface area (TPSA) is 65.2 Å². The minimum absolute atomic E-state index is 0.0816. The van der Waals surface area contributed by atoms with Crippen molar-refractivity contribution in [2.75, 3.05) is 13.2 Å². The summed E-state index contributed by atoms with van der Waals surface area (Å²) in [4.78, 5) is 15.8. The second-order valence-electron chi connectivity index (χ2n) is 3.92. The van der Waals surface area contributed by atoms with Crippen LogP contribution in [-0.4, -0.2) is 30.0 Å². The predicted octanol–water partition coefficient (Wildman–Crippen LogP) is 0.820. The zero-order valence-corrected chi connectivity index (χ0v) is 9.48. The number of halogens is 1. The van der Waals surface area contributed by atoms with Crippen LogP contribution < -0.4 is 5.73 Å². The normalized spacial score (nSPS) is 24.6. The number of hydrogen-bond donors (Lipinski definition) is 1. The van der Waals surface area contributed by atoms with Crippen molar-refractivity contribution < 1.29 is 9.53 Å². The number of nitrogens with zero attached hydrogens (tertiary/aromatic N) is 1. The van der Waals surface area contributed by atoms with Gasteiger partial charge in [0.2, 0.25) is 0 Å². The van der Waals surface area contributed by atoms with Gasteiger partial charge >= 0.3 is 0 Å². The Balaban J connectivity index is 2.05.